The molecule has 0 aliphatic carbocycles. The Morgan fingerprint density at radius 2 is 1.46 bits per heavy atom. The topological polar surface area (TPSA) is 32.3 Å². The molecule has 26 heavy (non-hydrogen) atoms. The Balaban J connectivity index is 1.68. The number of carbonyl (C=O) groups is 1. The maximum atomic E-state index is 12.9. The van der Waals surface area contributed by atoms with Crippen LogP contribution in [-0.2, 0) is 17.9 Å². The number of para-hydroxylation sites is 1. The summed E-state index contributed by atoms with van der Waals surface area (Å²) in [4.78, 5) is 14.7. The zero-order valence-electron chi connectivity index (χ0n) is 15.1. The van der Waals surface area contributed by atoms with E-state index in [0.717, 1.165) is 11.3 Å². The van der Waals surface area contributed by atoms with E-state index in [1.165, 1.54) is 11.1 Å². The summed E-state index contributed by atoms with van der Waals surface area (Å²) >= 11 is 0. The van der Waals surface area contributed by atoms with Crippen molar-refractivity contribution in [1.82, 2.24) is 5.32 Å². The molecule has 3 heteroatoms. The van der Waals surface area contributed by atoms with E-state index in [1.807, 2.05) is 77.7 Å². The molecule has 3 nitrogen and oxygen atoms in total. The Labute approximate surface area is 155 Å². The number of amides is 1. The Bertz CT molecular complexity index is 831. The highest BCUT2D eigenvalue weighted by Crippen LogP contribution is 2.17. The second kappa shape index (κ2) is 8.97. The van der Waals surface area contributed by atoms with Crippen molar-refractivity contribution in [1.29, 1.82) is 0 Å². The molecule has 132 valence electrons. The molecule has 1 amide bonds. The number of hydrogen-bond donors (Lipinski definition) is 1. The molecular formula is C23H24N2O. The average Bonchev–Trinajstić information content (AvgIpc) is 2.69. The molecule has 0 aromatic heterocycles. The van der Waals surface area contributed by atoms with Gasteiger partial charge in [-0.05, 0) is 35.7 Å². The summed E-state index contributed by atoms with van der Waals surface area (Å²) < 4.78 is 0. The minimum Gasteiger partial charge on any atom is -0.307 e. The molecule has 0 radical (unpaired) electrons. The van der Waals surface area contributed by atoms with Gasteiger partial charge in [0.15, 0.2) is 0 Å². The van der Waals surface area contributed by atoms with Crippen LogP contribution >= 0.6 is 0 Å². The predicted molar refractivity (Wildman–Crippen MR) is 107 cm³/mol. The molecule has 0 aliphatic rings. The van der Waals surface area contributed by atoms with Crippen molar-refractivity contribution in [3.8, 4) is 0 Å². The van der Waals surface area contributed by atoms with Gasteiger partial charge in [-0.25, -0.2) is 0 Å². The number of rotatable bonds is 7. The Morgan fingerprint density at radius 1 is 0.846 bits per heavy atom. The number of aryl methyl sites for hydroxylation is 1. The highest BCUT2D eigenvalue weighted by atomic mass is 16.2. The molecule has 0 fully saturated rings. The van der Waals surface area contributed by atoms with Crippen LogP contribution in [0.5, 0.6) is 0 Å². The van der Waals surface area contributed by atoms with Crippen LogP contribution in [0.4, 0.5) is 5.69 Å². The Morgan fingerprint density at radius 3 is 2.15 bits per heavy atom. The summed E-state index contributed by atoms with van der Waals surface area (Å²) in [6.45, 7) is 3.64. The van der Waals surface area contributed by atoms with E-state index in [1.54, 1.807) is 0 Å². The minimum absolute atomic E-state index is 0.0636. The third kappa shape index (κ3) is 4.80. The van der Waals surface area contributed by atoms with Gasteiger partial charge < -0.3 is 10.2 Å². The van der Waals surface area contributed by atoms with Crippen LogP contribution in [0.25, 0.3) is 0 Å². The highest BCUT2D eigenvalue weighted by Gasteiger charge is 2.15. The van der Waals surface area contributed by atoms with E-state index >= 15 is 0 Å². The fraction of sp³-hybridized carbons (Fsp3) is 0.174. The van der Waals surface area contributed by atoms with Gasteiger partial charge >= 0.3 is 0 Å². The molecule has 3 aromatic carbocycles. The Kier molecular flexibility index (Phi) is 6.18. The molecule has 3 aromatic rings. The van der Waals surface area contributed by atoms with Gasteiger partial charge in [0.1, 0.15) is 0 Å². The first-order valence-corrected chi connectivity index (χ1v) is 8.88. The zero-order valence-corrected chi connectivity index (χ0v) is 15.1. The lowest BCUT2D eigenvalue weighted by Crippen LogP contribution is -2.37. The minimum atomic E-state index is 0.0636. The number of nitrogens with one attached hydrogen (secondary N) is 1. The zero-order chi connectivity index (χ0) is 18.2. The van der Waals surface area contributed by atoms with Gasteiger partial charge in [0.2, 0.25) is 5.91 Å². The van der Waals surface area contributed by atoms with E-state index in [0.29, 0.717) is 19.6 Å². The van der Waals surface area contributed by atoms with E-state index in [4.69, 9.17) is 0 Å². The van der Waals surface area contributed by atoms with Crippen LogP contribution in [0.3, 0.4) is 0 Å². The number of anilines is 1. The lowest BCUT2D eigenvalue weighted by molar-refractivity contribution is -0.118. The number of nitrogens with zero attached hydrogens (tertiary/aromatic N) is 1. The monoisotopic (exact) mass is 344 g/mol. The van der Waals surface area contributed by atoms with Crippen LogP contribution in [0.2, 0.25) is 0 Å². The molecule has 0 bridgehead atoms. The smallest absolute Gasteiger partial charge is 0.241 e. The molecule has 0 aliphatic heterocycles. The SMILES string of the molecule is Cc1ccccc1CNCC(=O)N(Cc1ccccc1)c1ccccc1. The van der Waals surface area contributed by atoms with Gasteiger partial charge in [-0.2, -0.15) is 0 Å². The van der Waals surface area contributed by atoms with E-state index < -0.39 is 0 Å². The fourth-order valence-corrected chi connectivity index (χ4v) is 2.91. The van der Waals surface area contributed by atoms with Crippen LogP contribution < -0.4 is 10.2 Å². The number of benzene rings is 3. The molecule has 0 saturated carbocycles. The van der Waals surface area contributed by atoms with Gasteiger partial charge in [0.05, 0.1) is 13.1 Å². The van der Waals surface area contributed by atoms with Crippen LogP contribution in [0.15, 0.2) is 84.9 Å². The lowest BCUT2D eigenvalue weighted by Gasteiger charge is -2.23. The third-order valence-electron chi connectivity index (χ3n) is 4.41. The van der Waals surface area contributed by atoms with Crippen molar-refractivity contribution in [3.05, 3.63) is 102 Å². The van der Waals surface area contributed by atoms with Gasteiger partial charge in [-0.1, -0.05) is 72.8 Å². The molecule has 1 N–H and O–H groups in total. The van der Waals surface area contributed by atoms with Crippen LogP contribution in [0.1, 0.15) is 16.7 Å². The van der Waals surface area contributed by atoms with Crippen molar-refractivity contribution in [3.63, 3.8) is 0 Å². The summed E-state index contributed by atoms with van der Waals surface area (Å²) in [6.07, 6.45) is 0. The van der Waals surface area contributed by atoms with E-state index in [9.17, 15) is 4.79 Å². The first kappa shape index (κ1) is 17.9. The van der Waals surface area contributed by atoms with Crippen molar-refractivity contribution in [2.24, 2.45) is 0 Å². The summed E-state index contributed by atoms with van der Waals surface area (Å²) in [5, 5.41) is 3.29. The first-order valence-electron chi connectivity index (χ1n) is 8.88. The quantitative estimate of drug-likeness (QED) is 0.692. The molecular weight excluding hydrogens is 320 g/mol. The van der Waals surface area contributed by atoms with Gasteiger partial charge in [-0.3, -0.25) is 4.79 Å². The number of hydrogen-bond acceptors (Lipinski definition) is 2. The lowest BCUT2D eigenvalue weighted by atomic mass is 10.1. The standard InChI is InChI=1S/C23H24N2O/c1-19-10-8-9-13-21(19)16-24-17-23(26)25(22-14-6-3-7-15-22)18-20-11-4-2-5-12-20/h2-15,24H,16-18H2,1H3. The summed E-state index contributed by atoms with van der Waals surface area (Å²) in [5.41, 5.74) is 4.48. The second-order valence-corrected chi connectivity index (χ2v) is 6.33. The second-order valence-electron chi connectivity index (χ2n) is 6.33. The van der Waals surface area contributed by atoms with E-state index in [2.05, 4.69) is 24.4 Å². The summed E-state index contributed by atoms with van der Waals surface area (Å²) in [7, 11) is 0. The maximum absolute atomic E-state index is 12.9. The van der Waals surface area contributed by atoms with Gasteiger partial charge in [0, 0.05) is 12.2 Å². The van der Waals surface area contributed by atoms with E-state index in [-0.39, 0.29) is 5.91 Å². The fourth-order valence-electron chi connectivity index (χ4n) is 2.91. The first-order chi connectivity index (χ1) is 12.7. The molecule has 0 heterocycles. The van der Waals surface area contributed by atoms with Crippen molar-refractivity contribution < 1.29 is 4.79 Å². The highest BCUT2D eigenvalue weighted by molar-refractivity contribution is 5.94. The predicted octanol–water partition coefficient (Wildman–Crippen LogP) is 4.32. The maximum Gasteiger partial charge on any atom is 0.241 e. The van der Waals surface area contributed by atoms with Gasteiger partial charge in [-0.15, -0.1) is 0 Å². The molecule has 3 rings (SSSR count). The Hall–Kier alpha value is -2.91. The summed E-state index contributed by atoms with van der Waals surface area (Å²) in [6, 6.07) is 28.1. The van der Waals surface area contributed by atoms with Crippen LogP contribution in [-0.4, -0.2) is 12.5 Å². The average molecular weight is 344 g/mol. The van der Waals surface area contributed by atoms with Crippen molar-refractivity contribution in [2.45, 2.75) is 20.0 Å². The van der Waals surface area contributed by atoms with Crippen molar-refractivity contribution in [2.75, 3.05) is 11.4 Å². The molecule has 0 atom stereocenters. The normalized spacial score (nSPS) is 10.5. The molecule has 0 spiro atoms. The molecule has 0 saturated heterocycles. The third-order valence-corrected chi connectivity index (χ3v) is 4.41. The molecule has 0 unspecified atom stereocenters. The summed E-state index contributed by atoms with van der Waals surface area (Å²) in [5.74, 6) is 0.0636. The largest absolute Gasteiger partial charge is 0.307 e. The van der Waals surface area contributed by atoms with Crippen molar-refractivity contribution >= 4 is 11.6 Å². The van der Waals surface area contributed by atoms with Gasteiger partial charge in [0.25, 0.3) is 0 Å². The number of carbonyl (C=O) groups excluding carboxylic acids is 1. The van der Waals surface area contributed by atoms with Crippen LogP contribution in [0, 0.1) is 6.92 Å².